The van der Waals surface area contributed by atoms with E-state index >= 15 is 0 Å². The highest BCUT2D eigenvalue weighted by molar-refractivity contribution is 6.31. The molecule has 0 saturated heterocycles. The van der Waals surface area contributed by atoms with E-state index in [1.54, 1.807) is 6.07 Å². The molecule has 2 aromatic carbocycles. The Morgan fingerprint density at radius 2 is 1.85 bits per heavy atom. The minimum absolute atomic E-state index is 0.0307. The minimum Gasteiger partial charge on any atom is -0.326 e. The Balaban J connectivity index is 2.15. The van der Waals surface area contributed by atoms with E-state index in [9.17, 15) is 4.79 Å². The van der Waals surface area contributed by atoms with E-state index in [2.05, 4.69) is 5.32 Å². The summed E-state index contributed by atoms with van der Waals surface area (Å²) in [7, 11) is 0. The maximum atomic E-state index is 11.8. The van der Waals surface area contributed by atoms with E-state index < -0.39 is 0 Å². The molecule has 0 radical (unpaired) electrons. The number of carbonyl (C=O) groups is 1. The normalized spacial score (nSPS) is 18.1. The van der Waals surface area contributed by atoms with Gasteiger partial charge in [-0.1, -0.05) is 41.4 Å². The minimum atomic E-state index is 0.0307. The molecule has 0 aliphatic carbocycles. The molecule has 2 aromatic rings. The molecule has 0 bridgehead atoms. The van der Waals surface area contributed by atoms with Crippen LogP contribution in [-0.4, -0.2) is 5.91 Å². The van der Waals surface area contributed by atoms with Crippen LogP contribution in [0.4, 0.5) is 5.69 Å². The molecular weight excluding hydrogens is 293 g/mol. The molecule has 3 rings (SSSR count). The Morgan fingerprint density at radius 3 is 2.65 bits per heavy atom. The third-order valence-electron chi connectivity index (χ3n) is 3.60. The van der Waals surface area contributed by atoms with Gasteiger partial charge in [0.2, 0.25) is 5.91 Å². The third-order valence-corrected chi connectivity index (χ3v) is 4.18. The predicted octanol–water partition coefficient (Wildman–Crippen LogP) is 4.86. The van der Waals surface area contributed by atoms with Gasteiger partial charge in [0.25, 0.3) is 0 Å². The topological polar surface area (TPSA) is 29.1 Å². The fraction of sp³-hybridized carbons (Fsp3) is 0.188. The molecule has 1 unspecified atom stereocenters. The van der Waals surface area contributed by atoms with E-state index in [0.717, 1.165) is 28.3 Å². The van der Waals surface area contributed by atoms with E-state index in [-0.39, 0.29) is 11.8 Å². The largest absolute Gasteiger partial charge is 0.326 e. The molecule has 1 N–H and O–H groups in total. The quantitative estimate of drug-likeness (QED) is 0.801. The van der Waals surface area contributed by atoms with Crippen LogP contribution in [-0.2, 0) is 4.79 Å². The van der Waals surface area contributed by atoms with Crippen molar-refractivity contribution in [3.8, 4) is 0 Å². The number of benzene rings is 2. The van der Waals surface area contributed by atoms with Gasteiger partial charge in [-0.2, -0.15) is 0 Å². The molecular formula is C16H13Cl2NO. The average molecular weight is 306 g/mol. The van der Waals surface area contributed by atoms with E-state index in [0.29, 0.717) is 11.4 Å². The number of hydrogen-bond acceptors (Lipinski definition) is 1. The third kappa shape index (κ3) is 2.54. The molecule has 0 spiro atoms. The van der Waals surface area contributed by atoms with Crippen LogP contribution < -0.4 is 5.32 Å². The Hall–Kier alpha value is -1.51. The van der Waals surface area contributed by atoms with Gasteiger partial charge in [0.05, 0.1) is 0 Å². The second kappa shape index (κ2) is 5.47. The summed E-state index contributed by atoms with van der Waals surface area (Å²) in [6, 6.07) is 13.3. The van der Waals surface area contributed by atoms with Gasteiger partial charge in [-0.25, -0.2) is 0 Å². The van der Waals surface area contributed by atoms with Crippen LogP contribution in [0.15, 0.2) is 42.5 Å². The van der Waals surface area contributed by atoms with Gasteiger partial charge in [0, 0.05) is 28.1 Å². The van der Waals surface area contributed by atoms with Crippen molar-refractivity contribution in [3.05, 3.63) is 63.6 Å². The zero-order valence-electron chi connectivity index (χ0n) is 10.7. The highest BCUT2D eigenvalue weighted by Crippen LogP contribution is 2.40. The number of rotatable bonds is 1. The van der Waals surface area contributed by atoms with Crippen molar-refractivity contribution in [1.82, 2.24) is 0 Å². The Morgan fingerprint density at radius 1 is 1.05 bits per heavy atom. The molecule has 1 amide bonds. The van der Waals surface area contributed by atoms with Crippen LogP contribution in [0, 0.1) is 0 Å². The van der Waals surface area contributed by atoms with Crippen molar-refractivity contribution >= 4 is 34.8 Å². The van der Waals surface area contributed by atoms with Crippen LogP contribution >= 0.6 is 23.2 Å². The van der Waals surface area contributed by atoms with E-state index in [4.69, 9.17) is 23.2 Å². The molecule has 0 aromatic heterocycles. The fourth-order valence-electron chi connectivity index (χ4n) is 2.66. The fourth-order valence-corrected chi connectivity index (χ4v) is 3.11. The zero-order chi connectivity index (χ0) is 14.1. The van der Waals surface area contributed by atoms with Gasteiger partial charge in [0.1, 0.15) is 0 Å². The van der Waals surface area contributed by atoms with Crippen molar-refractivity contribution in [2.45, 2.75) is 18.8 Å². The first kappa shape index (κ1) is 13.5. The molecule has 0 saturated carbocycles. The summed E-state index contributed by atoms with van der Waals surface area (Å²) in [5.74, 6) is 0.111. The molecule has 4 heteroatoms. The highest BCUT2D eigenvalue weighted by atomic mass is 35.5. The summed E-state index contributed by atoms with van der Waals surface area (Å²) >= 11 is 12.4. The van der Waals surface area contributed by atoms with Crippen molar-refractivity contribution in [2.24, 2.45) is 0 Å². The SMILES string of the molecule is O=C1CCC(c2ccccc2Cl)c2cc(Cl)ccc2N1. The number of carbonyl (C=O) groups excluding carboxylic acids is 1. The first-order valence-corrected chi connectivity index (χ1v) is 7.24. The molecule has 1 atom stereocenters. The first-order valence-electron chi connectivity index (χ1n) is 6.49. The number of halogens is 2. The maximum absolute atomic E-state index is 11.8. The summed E-state index contributed by atoms with van der Waals surface area (Å²) in [5, 5.41) is 4.31. The summed E-state index contributed by atoms with van der Waals surface area (Å²) in [4.78, 5) is 11.8. The Labute approximate surface area is 127 Å². The van der Waals surface area contributed by atoms with Gasteiger partial charge in [-0.3, -0.25) is 4.79 Å². The molecule has 0 fully saturated rings. The van der Waals surface area contributed by atoms with Gasteiger partial charge < -0.3 is 5.32 Å². The average Bonchev–Trinajstić information content (AvgIpc) is 2.58. The first-order chi connectivity index (χ1) is 9.65. The summed E-state index contributed by atoms with van der Waals surface area (Å²) in [6.45, 7) is 0. The number of nitrogens with one attached hydrogen (secondary N) is 1. The number of hydrogen-bond donors (Lipinski definition) is 1. The molecule has 20 heavy (non-hydrogen) atoms. The molecule has 2 nitrogen and oxygen atoms in total. The number of fused-ring (bicyclic) bond motifs is 1. The summed E-state index contributed by atoms with van der Waals surface area (Å²) in [5.41, 5.74) is 2.88. The summed E-state index contributed by atoms with van der Waals surface area (Å²) < 4.78 is 0. The lowest BCUT2D eigenvalue weighted by Gasteiger charge is -2.19. The van der Waals surface area contributed by atoms with Crippen LogP contribution in [0.1, 0.15) is 29.9 Å². The highest BCUT2D eigenvalue weighted by Gasteiger charge is 2.25. The van der Waals surface area contributed by atoms with Gasteiger partial charge in [-0.15, -0.1) is 0 Å². The van der Waals surface area contributed by atoms with E-state index in [1.807, 2.05) is 36.4 Å². The zero-order valence-corrected chi connectivity index (χ0v) is 12.2. The second-order valence-electron chi connectivity index (χ2n) is 4.89. The van der Waals surface area contributed by atoms with E-state index in [1.165, 1.54) is 0 Å². The molecule has 1 aliphatic rings. The number of anilines is 1. The van der Waals surface area contributed by atoms with Crippen molar-refractivity contribution in [1.29, 1.82) is 0 Å². The molecule has 1 aliphatic heterocycles. The monoisotopic (exact) mass is 305 g/mol. The van der Waals surface area contributed by atoms with Crippen molar-refractivity contribution in [2.75, 3.05) is 5.32 Å². The van der Waals surface area contributed by atoms with Crippen LogP contribution in [0.2, 0.25) is 10.0 Å². The van der Waals surface area contributed by atoms with Crippen molar-refractivity contribution in [3.63, 3.8) is 0 Å². The Kier molecular flexibility index (Phi) is 3.68. The summed E-state index contributed by atoms with van der Waals surface area (Å²) in [6.07, 6.45) is 1.20. The lowest BCUT2D eigenvalue weighted by molar-refractivity contribution is -0.116. The van der Waals surface area contributed by atoms with Gasteiger partial charge in [-0.05, 0) is 41.8 Å². The number of amides is 1. The van der Waals surface area contributed by atoms with Gasteiger partial charge in [0.15, 0.2) is 0 Å². The lowest BCUT2D eigenvalue weighted by Crippen LogP contribution is -2.08. The Bertz CT molecular complexity index is 669. The standard InChI is InChI=1S/C16H13Cl2NO/c17-10-5-7-15-13(9-10)11(6-8-16(20)19-15)12-3-1-2-4-14(12)18/h1-5,7,9,11H,6,8H2,(H,19,20). The molecule has 102 valence electrons. The van der Waals surface area contributed by atoms with Gasteiger partial charge >= 0.3 is 0 Å². The van der Waals surface area contributed by atoms with Crippen LogP contribution in [0.25, 0.3) is 0 Å². The maximum Gasteiger partial charge on any atom is 0.224 e. The smallest absolute Gasteiger partial charge is 0.224 e. The lowest BCUT2D eigenvalue weighted by atomic mass is 9.87. The van der Waals surface area contributed by atoms with Crippen molar-refractivity contribution < 1.29 is 4.79 Å². The van der Waals surface area contributed by atoms with Crippen LogP contribution in [0.3, 0.4) is 0 Å². The predicted molar refractivity (Wildman–Crippen MR) is 82.6 cm³/mol. The van der Waals surface area contributed by atoms with Crippen LogP contribution in [0.5, 0.6) is 0 Å². The second-order valence-corrected chi connectivity index (χ2v) is 5.74. The molecule has 1 heterocycles.